The maximum atomic E-state index is 5.50. The molecule has 0 rings (SSSR count). The highest BCUT2D eigenvalue weighted by atomic mass is 15.3. The second-order valence-corrected chi connectivity index (χ2v) is 2.36. The third-order valence-corrected chi connectivity index (χ3v) is 1.48. The number of hydrazone groups is 1. The van der Waals surface area contributed by atoms with Gasteiger partial charge in [-0.15, -0.1) is 0 Å². The van der Waals surface area contributed by atoms with E-state index in [-0.39, 0.29) is 0 Å². The zero-order valence-electron chi connectivity index (χ0n) is 7.26. The molecule has 0 aromatic carbocycles. The van der Waals surface area contributed by atoms with E-state index in [9.17, 15) is 0 Å². The van der Waals surface area contributed by atoms with Crippen molar-refractivity contribution in [1.82, 2.24) is 0 Å². The summed E-state index contributed by atoms with van der Waals surface area (Å²) in [6.07, 6.45) is 3.11. The molecule has 0 saturated heterocycles. The molecule has 3 nitrogen and oxygen atoms in total. The van der Waals surface area contributed by atoms with Crippen molar-refractivity contribution >= 4 is 12.1 Å². The van der Waals surface area contributed by atoms with Gasteiger partial charge in [0.2, 0.25) is 0 Å². The Morgan fingerprint density at radius 3 is 2.30 bits per heavy atom. The molecule has 0 aromatic heterocycles. The van der Waals surface area contributed by atoms with Crippen LogP contribution in [0.25, 0.3) is 0 Å². The SMILES string of the molecule is CCC=[N+](C)C(C)=[N+](C)N. The maximum absolute atomic E-state index is 5.50. The van der Waals surface area contributed by atoms with Gasteiger partial charge in [-0.1, -0.05) is 11.6 Å². The van der Waals surface area contributed by atoms with Crippen LogP contribution in [0, 0.1) is 0 Å². The van der Waals surface area contributed by atoms with Crippen LogP contribution in [-0.4, -0.2) is 35.4 Å². The molecular weight excluding hydrogens is 126 g/mol. The highest BCUT2D eigenvalue weighted by Crippen LogP contribution is 1.74. The summed E-state index contributed by atoms with van der Waals surface area (Å²) >= 11 is 0. The van der Waals surface area contributed by atoms with Gasteiger partial charge >= 0.3 is 5.84 Å². The smallest absolute Gasteiger partial charge is 0.206 e. The molecule has 10 heavy (non-hydrogen) atoms. The van der Waals surface area contributed by atoms with E-state index in [4.69, 9.17) is 5.84 Å². The fourth-order valence-electron chi connectivity index (χ4n) is 0.655. The molecule has 0 spiro atoms. The summed E-state index contributed by atoms with van der Waals surface area (Å²) < 4.78 is 3.62. The van der Waals surface area contributed by atoms with Crippen LogP contribution in [0.15, 0.2) is 0 Å². The van der Waals surface area contributed by atoms with E-state index in [1.165, 1.54) is 0 Å². The Labute approximate surface area is 62.4 Å². The average molecular weight is 143 g/mol. The van der Waals surface area contributed by atoms with Crippen molar-refractivity contribution in [2.45, 2.75) is 20.3 Å². The first kappa shape index (κ1) is 9.14. The van der Waals surface area contributed by atoms with Crippen molar-refractivity contribution in [1.29, 1.82) is 0 Å². The molecule has 58 valence electrons. The number of hydrogen-bond donors (Lipinski definition) is 1. The summed E-state index contributed by atoms with van der Waals surface area (Å²) in [6, 6.07) is 0. The minimum Gasteiger partial charge on any atom is -0.206 e. The van der Waals surface area contributed by atoms with Gasteiger partial charge in [0.15, 0.2) is 13.3 Å². The molecule has 0 aliphatic rings. The molecule has 0 amide bonds. The highest BCUT2D eigenvalue weighted by molar-refractivity contribution is 5.70. The monoisotopic (exact) mass is 143 g/mol. The number of hydrogen-bond acceptors (Lipinski definition) is 1. The summed E-state index contributed by atoms with van der Waals surface area (Å²) in [6.45, 7) is 4.08. The summed E-state index contributed by atoms with van der Waals surface area (Å²) in [5.74, 6) is 6.55. The van der Waals surface area contributed by atoms with Crippen molar-refractivity contribution < 1.29 is 9.26 Å². The molecule has 0 fully saturated rings. The lowest BCUT2D eigenvalue weighted by Crippen LogP contribution is -2.29. The number of nitrogens with two attached hydrogens (primary N) is 1. The lowest BCUT2D eigenvalue weighted by Gasteiger charge is -1.89. The number of nitrogens with zero attached hydrogens (tertiary/aromatic N) is 2. The highest BCUT2D eigenvalue weighted by Gasteiger charge is 2.10. The fourth-order valence-corrected chi connectivity index (χ4v) is 0.655. The molecule has 3 heteroatoms. The van der Waals surface area contributed by atoms with E-state index in [1.54, 1.807) is 4.68 Å². The van der Waals surface area contributed by atoms with Gasteiger partial charge in [0.25, 0.3) is 0 Å². The second kappa shape index (κ2) is 4.04. The molecule has 0 radical (unpaired) electrons. The lowest BCUT2D eigenvalue weighted by atomic mass is 10.5. The third kappa shape index (κ3) is 2.62. The lowest BCUT2D eigenvalue weighted by molar-refractivity contribution is -0.565. The van der Waals surface area contributed by atoms with Crippen LogP contribution in [-0.2, 0) is 0 Å². The van der Waals surface area contributed by atoms with Gasteiger partial charge in [0, 0.05) is 6.42 Å². The zero-order valence-corrected chi connectivity index (χ0v) is 7.26. The minimum atomic E-state index is 1.03. The molecule has 0 aromatic rings. The molecule has 0 atom stereocenters. The first-order chi connectivity index (χ1) is 4.59. The van der Waals surface area contributed by atoms with Gasteiger partial charge in [-0.3, -0.25) is 0 Å². The number of hydrazine groups is 1. The third-order valence-electron chi connectivity index (χ3n) is 1.48. The normalized spacial score (nSPS) is 15.0. The second-order valence-electron chi connectivity index (χ2n) is 2.36. The molecular formula is C7H17N3+2. The summed E-state index contributed by atoms with van der Waals surface area (Å²) in [5.41, 5.74) is 0. The fraction of sp³-hybridized carbons (Fsp3) is 0.714. The zero-order chi connectivity index (χ0) is 8.15. The van der Waals surface area contributed by atoms with E-state index in [0.29, 0.717) is 0 Å². The number of rotatable bonds is 1. The minimum absolute atomic E-state index is 1.03. The van der Waals surface area contributed by atoms with Crippen LogP contribution in [0.1, 0.15) is 20.3 Å². The van der Waals surface area contributed by atoms with Crippen molar-refractivity contribution in [3.05, 3.63) is 0 Å². The van der Waals surface area contributed by atoms with Crippen LogP contribution < -0.4 is 5.84 Å². The predicted molar refractivity (Wildman–Crippen MR) is 43.6 cm³/mol. The van der Waals surface area contributed by atoms with Crippen LogP contribution in [0.2, 0.25) is 0 Å². The quantitative estimate of drug-likeness (QED) is 0.182. The molecule has 2 N–H and O–H groups in total. The van der Waals surface area contributed by atoms with Crippen molar-refractivity contribution in [3.63, 3.8) is 0 Å². The van der Waals surface area contributed by atoms with E-state index in [1.807, 2.05) is 25.6 Å². The van der Waals surface area contributed by atoms with Crippen molar-refractivity contribution in [3.8, 4) is 0 Å². The Bertz CT molecular complexity index is 164. The van der Waals surface area contributed by atoms with E-state index in [2.05, 4.69) is 13.1 Å². The van der Waals surface area contributed by atoms with Gasteiger partial charge in [-0.25, -0.2) is 5.84 Å². The topological polar surface area (TPSA) is 32.0 Å². The first-order valence-corrected chi connectivity index (χ1v) is 3.47. The van der Waals surface area contributed by atoms with Gasteiger partial charge in [-0.2, -0.15) is 4.58 Å². The molecule has 0 aliphatic carbocycles. The standard InChI is InChI=1S/C7H17N3/c1-5-6-9(3)7(2)10(4)8/h6H,5,8H2,1-4H3/q+2. The van der Waals surface area contributed by atoms with Crippen LogP contribution >= 0.6 is 0 Å². The van der Waals surface area contributed by atoms with Gasteiger partial charge in [-0.05, 0) is 0 Å². The van der Waals surface area contributed by atoms with E-state index in [0.717, 1.165) is 12.3 Å². The number of amidine groups is 1. The largest absolute Gasteiger partial charge is 0.436 e. The van der Waals surface area contributed by atoms with E-state index < -0.39 is 0 Å². The Morgan fingerprint density at radius 2 is 2.00 bits per heavy atom. The molecule has 0 bridgehead atoms. The first-order valence-electron chi connectivity index (χ1n) is 3.47. The Morgan fingerprint density at radius 1 is 1.50 bits per heavy atom. The van der Waals surface area contributed by atoms with Crippen LogP contribution in [0.5, 0.6) is 0 Å². The van der Waals surface area contributed by atoms with Gasteiger partial charge < -0.3 is 0 Å². The van der Waals surface area contributed by atoms with E-state index >= 15 is 0 Å². The Hall–Kier alpha value is -0.860. The van der Waals surface area contributed by atoms with Crippen molar-refractivity contribution in [2.75, 3.05) is 14.1 Å². The summed E-state index contributed by atoms with van der Waals surface area (Å²) in [4.78, 5) is 0. The summed E-state index contributed by atoms with van der Waals surface area (Å²) in [5, 5.41) is 0. The summed E-state index contributed by atoms with van der Waals surface area (Å²) in [7, 11) is 3.82. The Balaban J connectivity index is 4.36. The molecule has 0 heterocycles. The van der Waals surface area contributed by atoms with Gasteiger partial charge in [0.05, 0.1) is 6.92 Å². The Kier molecular flexibility index (Phi) is 3.69. The van der Waals surface area contributed by atoms with Gasteiger partial charge in [0.1, 0.15) is 7.05 Å². The average Bonchev–Trinajstić information content (AvgIpc) is 1.87. The van der Waals surface area contributed by atoms with Crippen LogP contribution in [0.4, 0.5) is 0 Å². The van der Waals surface area contributed by atoms with Crippen molar-refractivity contribution in [2.24, 2.45) is 5.84 Å². The molecule has 0 saturated carbocycles. The maximum Gasteiger partial charge on any atom is 0.436 e. The predicted octanol–water partition coefficient (Wildman–Crippen LogP) is 0.0439. The molecule has 0 unspecified atom stereocenters. The molecule has 0 aliphatic heterocycles. The van der Waals surface area contributed by atoms with Crippen LogP contribution in [0.3, 0.4) is 0 Å².